The van der Waals surface area contributed by atoms with E-state index in [0.29, 0.717) is 6.42 Å². The molecule has 0 bridgehead atoms. The van der Waals surface area contributed by atoms with E-state index < -0.39 is 0 Å². The van der Waals surface area contributed by atoms with Crippen molar-refractivity contribution in [3.05, 3.63) is 68.6 Å². The summed E-state index contributed by atoms with van der Waals surface area (Å²) in [6.45, 7) is 0. The molecule has 0 aliphatic heterocycles. The average molecular weight is 384 g/mol. The average Bonchev–Trinajstić information content (AvgIpc) is 2.36. The van der Waals surface area contributed by atoms with E-state index in [4.69, 9.17) is 0 Å². The number of aryl methyl sites for hydroxylation is 1. The van der Waals surface area contributed by atoms with Gasteiger partial charge in [0, 0.05) is 8.95 Å². The summed E-state index contributed by atoms with van der Waals surface area (Å²) >= 11 is 6.91. The van der Waals surface area contributed by atoms with Crippen LogP contribution >= 0.6 is 31.9 Å². The van der Waals surface area contributed by atoms with Gasteiger partial charge in [-0.3, -0.25) is 0 Å². The third kappa shape index (κ3) is 5.09. The van der Waals surface area contributed by atoms with Crippen molar-refractivity contribution >= 4 is 31.9 Å². The number of hydrogen-bond acceptors (Lipinski definition) is 1. The van der Waals surface area contributed by atoms with E-state index in [0.717, 1.165) is 27.4 Å². The van der Waals surface area contributed by atoms with E-state index in [9.17, 15) is 5.11 Å². The Bertz CT molecular complexity index is 540. The lowest BCUT2D eigenvalue weighted by Crippen LogP contribution is -2.11. The van der Waals surface area contributed by atoms with Gasteiger partial charge in [0.15, 0.2) is 0 Å². The smallest absolute Gasteiger partial charge is 0.0583 e. The standard InChI is InChI=1S/C16H16Br2O/c17-14-5-1-3-12(9-14)7-8-16(19)11-13-4-2-6-15(18)10-13/h1-6,9-10,16,19H,7-8,11H2. The van der Waals surface area contributed by atoms with Crippen LogP contribution in [0.15, 0.2) is 57.5 Å². The van der Waals surface area contributed by atoms with Gasteiger partial charge in [-0.1, -0.05) is 56.1 Å². The predicted octanol–water partition coefficient (Wildman–Crippen LogP) is 4.75. The van der Waals surface area contributed by atoms with Crippen LogP contribution in [-0.4, -0.2) is 11.2 Å². The maximum absolute atomic E-state index is 10.1. The first-order valence-corrected chi connectivity index (χ1v) is 7.89. The zero-order valence-corrected chi connectivity index (χ0v) is 13.7. The molecule has 1 unspecified atom stereocenters. The van der Waals surface area contributed by atoms with Crippen molar-refractivity contribution < 1.29 is 5.11 Å². The summed E-state index contributed by atoms with van der Waals surface area (Å²) in [6, 6.07) is 16.3. The Morgan fingerprint density at radius 2 is 1.47 bits per heavy atom. The van der Waals surface area contributed by atoms with Crippen LogP contribution in [0.1, 0.15) is 17.5 Å². The van der Waals surface area contributed by atoms with E-state index in [1.165, 1.54) is 5.56 Å². The molecule has 0 radical (unpaired) electrons. The van der Waals surface area contributed by atoms with Gasteiger partial charge >= 0.3 is 0 Å². The molecule has 1 atom stereocenters. The normalized spacial score (nSPS) is 12.4. The fraction of sp³-hybridized carbons (Fsp3) is 0.250. The summed E-state index contributed by atoms with van der Waals surface area (Å²) in [5.74, 6) is 0. The van der Waals surface area contributed by atoms with Gasteiger partial charge in [-0.25, -0.2) is 0 Å². The topological polar surface area (TPSA) is 20.2 Å². The Labute approximate surface area is 130 Å². The summed E-state index contributed by atoms with van der Waals surface area (Å²) in [5, 5.41) is 10.1. The van der Waals surface area contributed by atoms with E-state index >= 15 is 0 Å². The molecular formula is C16H16Br2O. The first kappa shape index (κ1) is 14.8. The quantitative estimate of drug-likeness (QED) is 0.789. The van der Waals surface area contributed by atoms with Gasteiger partial charge in [-0.15, -0.1) is 0 Å². The Balaban J connectivity index is 1.86. The van der Waals surface area contributed by atoms with Crippen LogP contribution in [0.2, 0.25) is 0 Å². The van der Waals surface area contributed by atoms with Crippen molar-refractivity contribution in [2.75, 3.05) is 0 Å². The fourth-order valence-electron chi connectivity index (χ4n) is 2.06. The molecule has 0 amide bonds. The molecule has 0 aliphatic carbocycles. The van der Waals surface area contributed by atoms with Crippen LogP contribution in [0, 0.1) is 0 Å². The van der Waals surface area contributed by atoms with Crippen LogP contribution < -0.4 is 0 Å². The monoisotopic (exact) mass is 382 g/mol. The largest absolute Gasteiger partial charge is 0.393 e. The Morgan fingerprint density at radius 1 is 0.895 bits per heavy atom. The van der Waals surface area contributed by atoms with Crippen molar-refractivity contribution in [1.29, 1.82) is 0 Å². The van der Waals surface area contributed by atoms with Crippen LogP contribution in [0.3, 0.4) is 0 Å². The Kier molecular flexibility index (Phi) is 5.61. The van der Waals surface area contributed by atoms with Crippen molar-refractivity contribution in [2.45, 2.75) is 25.4 Å². The second kappa shape index (κ2) is 7.22. The van der Waals surface area contributed by atoms with Crippen LogP contribution in [0.5, 0.6) is 0 Å². The van der Waals surface area contributed by atoms with Crippen LogP contribution in [0.4, 0.5) is 0 Å². The van der Waals surface area contributed by atoms with Gasteiger partial charge in [-0.05, 0) is 54.7 Å². The molecule has 19 heavy (non-hydrogen) atoms. The summed E-state index contributed by atoms with van der Waals surface area (Å²) in [6.07, 6.45) is 2.08. The molecule has 0 aliphatic rings. The molecule has 0 fully saturated rings. The Morgan fingerprint density at radius 3 is 2.11 bits per heavy atom. The zero-order valence-electron chi connectivity index (χ0n) is 10.5. The molecule has 0 saturated heterocycles. The predicted molar refractivity (Wildman–Crippen MR) is 86.3 cm³/mol. The van der Waals surface area contributed by atoms with Gasteiger partial charge in [0.05, 0.1) is 6.10 Å². The van der Waals surface area contributed by atoms with Crippen molar-refractivity contribution in [2.24, 2.45) is 0 Å². The highest BCUT2D eigenvalue weighted by Gasteiger charge is 2.06. The molecule has 0 aromatic heterocycles. The minimum Gasteiger partial charge on any atom is -0.393 e. The third-order valence-corrected chi connectivity index (χ3v) is 4.00. The molecule has 1 N–H and O–H groups in total. The van der Waals surface area contributed by atoms with E-state index in [-0.39, 0.29) is 6.10 Å². The number of hydrogen-bond donors (Lipinski definition) is 1. The number of rotatable bonds is 5. The van der Waals surface area contributed by atoms with Crippen LogP contribution in [-0.2, 0) is 12.8 Å². The minimum atomic E-state index is -0.298. The SMILES string of the molecule is OC(CCc1cccc(Br)c1)Cc1cccc(Br)c1. The highest BCUT2D eigenvalue weighted by Crippen LogP contribution is 2.16. The molecule has 0 spiro atoms. The summed E-state index contributed by atoms with van der Waals surface area (Å²) < 4.78 is 2.15. The highest BCUT2D eigenvalue weighted by atomic mass is 79.9. The van der Waals surface area contributed by atoms with E-state index in [1.807, 2.05) is 30.3 Å². The van der Waals surface area contributed by atoms with Gasteiger partial charge < -0.3 is 5.11 Å². The van der Waals surface area contributed by atoms with Gasteiger partial charge in [0.1, 0.15) is 0 Å². The van der Waals surface area contributed by atoms with Gasteiger partial charge in [0.2, 0.25) is 0 Å². The van der Waals surface area contributed by atoms with E-state index in [2.05, 4.69) is 50.1 Å². The maximum Gasteiger partial charge on any atom is 0.0583 e. The third-order valence-electron chi connectivity index (χ3n) is 3.02. The van der Waals surface area contributed by atoms with Crippen molar-refractivity contribution in [3.8, 4) is 0 Å². The molecule has 0 heterocycles. The lowest BCUT2D eigenvalue weighted by Gasteiger charge is -2.11. The fourth-order valence-corrected chi connectivity index (χ4v) is 2.96. The molecule has 3 heteroatoms. The van der Waals surface area contributed by atoms with Gasteiger partial charge in [-0.2, -0.15) is 0 Å². The molecular weight excluding hydrogens is 368 g/mol. The first-order valence-electron chi connectivity index (χ1n) is 6.30. The molecule has 100 valence electrons. The number of halogens is 2. The molecule has 2 aromatic rings. The molecule has 2 aromatic carbocycles. The molecule has 1 nitrogen and oxygen atoms in total. The Hall–Kier alpha value is -0.640. The minimum absolute atomic E-state index is 0.298. The van der Waals surface area contributed by atoms with Crippen molar-refractivity contribution in [1.82, 2.24) is 0 Å². The van der Waals surface area contributed by atoms with E-state index in [1.54, 1.807) is 0 Å². The zero-order chi connectivity index (χ0) is 13.7. The molecule has 0 saturated carbocycles. The highest BCUT2D eigenvalue weighted by molar-refractivity contribution is 9.10. The summed E-state index contributed by atoms with van der Waals surface area (Å²) in [4.78, 5) is 0. The maximum atomic E-state index is 10.1. The molecule has 2 rings (SSSR count). The van der Waals surface area contributed by atoms with Crippen molar-refractivity contribution in [3.63, 3.8) is 0 Å². The van der Waals surface area contributed by atoms with Crippen LogP contribution in [0.25, 0.3) is 0 Å². The number of aliphatic hydroxyl groups is 1. The first-order chi connectivity index (χ1) is 9.13. The number of benzene rings is 2. The lowest BCUT2D eigenvalue weighted by atomic mass is 10.0. The number of aliphatic hydroxyl groups excluding tert-OH is 1. The summed E-state index contributed by atoms with van der Waals surface area (Å²) in [5.41, 5.74) is 2.42. The van der Waals surface area contributed by atoms with Gasteiger partial charge in [0.25, 0.3) is 0 Å². The lowest BCUT2D eigenvalue weighted by molar-refractivity contribution is 0.165. The summed E-state index contributed by atoms with van der Waals surface area (Å²) in [7, 11) is 0. The second-order valence-electron chi connectivity index (χ2n) is 4.66. The second-order valence-corrected chi connectivity index (χ2v) is 6.49.